The van der Waals surface area contributed by atoms with E-state index < -0.39 is 5.60 Å². The summed E-state index contributed by atoms with van der Waals surface area (Å²) in [6.07, 6.45) is 2.54. The number of nitrogens with zero attached hydrogens (tertiary/aromatic N) is 1. The molecule has 2 rings (SSSR count). The summed E-state index contributed by atoms with van der Waals surface area (Å²) in [5, 5.41) is 13.7. The van der Waals surface area contributed by atoms with E-state index in [9.17, 15) is 9.90 Å². The van der Waals surface area contributed by atoms with Gasteiger partial charge in [0.05, 0.1) is 12.1 Å². The van der Waals surface area contributed by atoms with Gasteiger partial charge in [-0.1, -0.05) is 37.1 Å². The van der Waals surface area contributed by atoms with Crippen molar-refractivity contribution in [2.45, 2.75) is 31.8 Å². The monoisotopic (exact) mass is 310 g/mol. The summed E-state index contributed by atoms with van der Waals surface area (Å²) >= 11 is 5.92. The number of likely N-dealkylation sites (tertiary alicyclic amines) is 1. The molecule has 0 bridgehead atoms. The van der Waals surface area contributed by atoms with Crippen molar-refractivity contribution >= 4 is 17.5 Å². The Morgan fingerprint density at radius 1 is 1.48 bits per heavy atom. The van der Waals surface area contributed by atoms with Crippen molar-refractivity contribution in [1.29, 1.82) is 0 Å². The van der Waals surface area contributed by atoms with E-state index in [1.165, 1.54) is 0 Å². The largest absolute Gasteiger partial charge is 0.387 e. The average molecular weight is 311 g/mol. The lowest BCUT2D eigenvalue weighted by atomic mass is 9.89. The summed E-state index contributed by atoms with van der Waals surface area (Å²) in [5.41, 5.74) is 0.541. The Kier molecular flexibility index (Phi) is 5.62. The number of aliphatic hydroxyl groups is 1. The van der Waals surface area contributed by atoms with E-state index in [-0.39, 0.29) is 5.91 Å². The van der Waals surface area contributed by atoms with E-state index in [2.05, 4.69) is 12.2 Å². The van der Waals surface area contributed by atoms with Crippen LogP contribution in [-0.2, 0) is 11.2 Å². The second kappa shape index (κ2) is 7.25. The number of hydrogen-bond donors (Lipinski definition) is 2. The Labute approximate surface area is 131 Å². The number of amides is 1. The number of halogens is 1. The normalized spacial score (nSPS) is 17.3. The SMILES string of the molecule is CCCC1(O)CN(CC(=O)NCCc2cccc(Cl)c2)C1. The molecule has 0 radical (unpaired) electrons. The fraction of sp³-hybridized carbons (Fsp3) is 0.562. The molecule has 0 aliphatic carbocycles. The third-order valence-electron chi connectivity index (χ3n) is 3.74. The lowest BCUT2D eigenvalue weighted by molar-refractivity contribution is -0.133. The molecule has 2 N–H and O–H groups in total. The van der Waals surface area contributed by atoms with Gasteiger partial charge in [-0.05, 0) is 30.5 Å². The Bertz CT molecular complexity index is 487. The molecular weight excluding hydrogens is 288 g/mol. The van der Waals surface area contributed by atoms with Crippen molar-refractivity contribution in [3.05, 3.63) is 34.9 Å². The van der Waals surface area contributed by atoms with Gasteiger partial charge in [-0.15, -0.1) is 0 Å². The average Bonchev–Trinajstić information content (AvgIpc) is 2.37. The summed E-state index contributed by atoms with van der Waals surface area (Å²) in [7, 11) is 0. The highest BCUT2D eigenvalue weighted by molar-refractivity contribution is 6.30. The predicted molar refractivity (Wildman–Crippen MR) is 84.5 cm³/mol. The van der Waals surface area contributed by atoms with Crippen LogP contribution in [0.5, 0.6) is 0 Å². The molecule has 1 aromatic rings. The van der Waals surface area contributed by atoms with Crippen LogP contribution >= 0.6 is 11.6 Å². The molecule has 1 aromatic carbocycles. The molecule has 1 saturated heterocycles. The van der Waals surface area contributed by atoms with Crippen LogP contribution in [-0.4, -0.2) is 47.7 Å². The first-order valence-electron chi connectivity index (χ1n) is 7.47. The van der Waals surface area contributed by atoms with Crippen molar-refractivity contribution < 1.29 is 9.90 Å². The lowest BCUT2D eigenvalue weighted by Crippen LogP contribution is -2.63. The third-order valence-corrected chi connectivity index (χ3v) is 3.98. The number of benzene rings is 1. The fourth-order valence-electron chi connectivity index (χ4n) is 2.82. The number of carbonyl (C=O) groups is 1. The lowest BCUT2D eigenvalue weighted by Gasteiger charge is -2.46. The van der Waals surface area contributed by atoms with Gasteiger partial charge < -0.3 is 10.4 Å². The summed E-state index contributed by atoms with van der Waals surface area (Å²) in [6.45, 7) is 4.22. The van der Waals surface area contributed by atoms with Gasteiger partial charge in [-0.2, -0.15) is 0 Å². The van der Waals surface area contributed by atoms with Crippen molar-refractivity contribution in [2.75, 3.05) is 26.2 Å². The maximum atomic E-state index is 11.8. The summed E-state index contributed by atoms with van der Waals surface area (Å²) in [6, 6.07) is 7.66. The van der Waals surface area contributed by atoms with Gasteiger partial charge in [0.1, 0.15) is 0 Å². The minimum absolute atomic E-state index is 0.00979. The molecule has 0 saturated carbocycles. The number of hydrogen-bond acceptors (Lipinski definition) is 3. The number of β-amino-alcohol motifs (C(OH)–C–C–N with tert-alkyl or cyclic N) is 1. The summed E-state index contributed by atoms with van der Waals surface area (Å²) in [5.74, 6) is 0.00979. The standard InChI is InChI=1S/C16H23ClN2O2/c1-2-7-16(21)11-19(12-16)10-15(20)18-8-6-13-4-3-5-14(17)9-13/h3-5,9,21H,2,6-8,10-12H2,1H3,(H,18,20). The molecule has 0 atom stereocenters. The van der Waals surface area contributed by atoms with E-state index in [4.69, 9.17) is 11.6 Å². The maximum absolute atomic E-state index is 11.8. The van der Waals surface area contributed by atoms with Crippen LogP contribution in [0, 0.1) is 0 Å². The zero-order valence-corrected chi connectivity index (χ0v) is 13.2. The van der Waals surface area contributed by atoms with Crippen molar-refractivity contribution in [2.24, 2.45) is 0 Å². The third kappa shape index (κ3) is 4.99. The Morgan fingerprint density at radius 2 is 2.24 bits per heavy atom. The van der Waals surface area contributed by atoms with Gasteiger partial charge in [0, 0.05) is 24.7 Å². The molecule has 1 amide bonds. The molecule has 1 fully saturated rings. The number of rotatable bonds is 7. The molecule has 1 aliphatic rings. The minimum Gasteiger partial charge on any atom is -0.387 e. The second-order valence-corrected chi connectivity index (χ2v) is 6.29. The van der Waals surface area contributed by atoms with Crippen LogP contribution in [0.4, 0.5) is 0 Å². The molecule has 0 unspecified atom stereocenters. The molecule has 1 aliphatic heterocycles. The van der Waals surface area contributed by atoms with Gasteiger partial charge >= 0.3 is 0 Å². The Balaban J connectivity index is 1.63. The first-order valence-corrected chi connectivity index (χ1v) is 7.84. The summed E-state index contributed by atoms with van der Waals surface area (Å²) < 4.78 is 0. The van der Waals surface area contributed by atoms with Crippen LogP contribution < -0.4 is 5.32 Å². The maximum Gasteiger partial charge on any atom is 0.234 e. The highest BCUT2D eigenvalue weighted by Crippen LogP contribution is 2.25. The van der Waals surface area contributed by atoms with E-state index in [1.807, 2.05) is 29.2 Å². The van der Waals surface area contributed by atoms with Crippen LogP contribution in [0.2, 0.25) is 5.02 Å². The number of carbonyl (C=O) groups excluding carboxylic acids is 1. The van der Waals surface area contributed by atoms with Crippen LogP contribution in [0.3, 0.4) is 0 Å². The van der Waals surface area contributed by atoms with E-state index in [0.717, 1.165) is 29.8 Å². The van der Waals surface area contributed by atoms with Gasteiger partial charge in [-0.25, -0.2) is 0 Å². The van der Waals surface area contributed by atoms with E-state index >= 15 is 0 Å². The predicted octanol–water partition coefficient (Wildman–Crippen LogP) is 1.85. The summed E-state index contributed by atoms with van der Waals surface area (Å²) in [4.78, 5) is 13.8. The minimum atomic E-state index is -0.574. The molecule has 21 heavy (non-hydrogen) atoms. The van der Waals surface area contributed by atoms with Crippen LogP contribution in [0.1, 0.15) is 25.3 Å². The first-order chi connectivity index (χ1) is 10.0. The molecule has 0 spiro atoms. The van der Waals surface area contributed by atoms with E-state index in [0.29, 0.717) is 26.2 Å². The first kappa shape index (κ1) is 16.3. The van der Waals surface area contributed by atoms with Gasteiger partial charge in [0.25, 0.3) is 0 Å². The zero-order valence-electron chi connectivity index (χ0n) is 12.4. The van der Waals surface area contributed by atoms with Crippen molar-refractivity contribution in [3.63, 3.8) is 0 Å². The van der Waals surface area contributed by atoms with Gasteiger partial charge in [0.15, 0.2) is 0 Å². The molecule has 116 valence electrons. The van der Waals surface area contributed by atoms with Crippen molar-refractivity contribution in [3.8, 4) is 0 Å². The molecule has 0 aromatic heterocycles. The zero-order chi connectivity index (χ0) is 15.3. The highest BCUT2D eigenvalue weighted by atomic mass is 35.5. The number of nitrogens with one attached hydrogen (secondary N) is 1. The highest BCUT2D eigenvalue weighted by Gasteiger charge is 2.40. The molecule has 5 heteroatoms. The Morgan fingerprint density at radius 3 is 2.90 bits per heavy atom. The topological polar surface area (TPSA) is 52.6 Å². The smallest absolute Gasteiger partial charge is 0.234 e. The van der Waals surface area contributed by atoms with Crippen LogP contribution in [0.25, 0.3) is 0 Å². The molecular formula is C16H23ClN2O2. The molecule has 4 nitrogen and oxygen atoms in total. The van der Waals surface area contributed by atoms with Crippen molar-refractivity contribution in [1.82, 2.24) is 10.2 Å². The van der Waals surface area contributed by atoms with Gasteiger partial charge in [0.2, 0.25) is 5.91 Å². The molecule has 1 heterocycles. The van der Waals surface area contributed by atoms with E-state index in [1.54, 1.807) is 0 Å². The van der Waals surface area contributed by atoms with Crippen LogP contribution in [0.15, 0.2) is 24.3 Å². The quantitative estimate of drug-likeness (QED) is 0.808. The second-order valence-electron chi connectivity index (χ2n) is 5.85. The van der Waals surface area contributed by atoms with Gasteiger partial charge in [-0.3, -0.25) is 9.69 Å². The fourth-order valence-corrected chi connectivity index (χ4v) is 3.03. The Hall–Kier alpha value is -1.10.